The van der Waals surface area contributed by atoms with E-state index in [0.29, 0.717) is 16.9 Å². The molecule has 0 heterocycles. The molecule has 2 aromatic rings. The highest BCUT2D eigenvalue weighted by Crippen LogP contribution is 2.32. The maximum absolute atomic E-state index is 12.9. The molecule has 0 radical (unpaired) electrons. The van der Waals surface area contributed by atoms with Crippen molar-refractivity contribution < 1.29 is 26.3 Å². The Morgan fingerprint density at radius 3 is 2.00 bits per heavy atom. The van der Waals surface area contributed by atoms with E-state index in [-0.39, 0.29) is 21.2 Å². The van der Waals surface area contributed by atoms with Crippen molar-refractivity contribution in [2.75, 3.05) is 33.0 Å². The van der Waals surface area contributed by atoms with Crippen LogP contribution in [-0.2, 0) is 20.0 Å². The molecule has 0 unspecified atom stereocenters. The molecule has 0 aliphatic heterocycles. The van der Waals surface area contributed by atoms with Gasteiger partial charge in [-0.3, -0.25) is 4.72 Å². The first-order valence-electron chi connectivity index (χ1n) is 8.22. The minimum atomic E-state index is -3.99. The number of nitrogens with zero attached hydrogens (tertiary/aromatic N) is 1. The van der Waals surface area contributed by atoms with E-state index in [4.69, 9.17) is 9.47 Å². The highest BCUT2D eigenvalue weighted by Gasteiger charge is 2.23. The van der Waals surface area contributed by atoms with Gasteiger partial charge in [0.05, 0.1) is 29.7 Å². The van der Waals surface area contributed by atoms with Crippen molar-refractivity contribution >= 4 is 25.7 Å². The molecule has 8 nitrogen and oxygen atoms in total. The van der Waals surface area contributed by atoms with E-state index < -0.39 is 20.0 Å². The Balaban J connectivity index is 2.54. The monoisotopic (exact) mass is 428 g/mol. The summed E-state index contributed by atoms with van der Waals surface area (Å²) in [6, 6.07) is 7.03. The minimum Gasteiger partial charge on any atom is -0.493 e. The summed E-state index contributed by atoms with van der Waals surface area (Å²) in [5, 5.41) is 0. The van der Waals surface area contributed by atoms with Crippen LogP contribution in [0, 0.1) is 13.8 Å². The van der Waals surface area contributed by atoms with Crippen molar-refractivity contribution in [3.63, 3.8) is 0 Å². The average molecular weight is 429 g/mol. The van der Waals surface area contributed by atoms with Crippen molar-refractivity contribution in [3.05, 3.63) is 41.5 Å². The van der Waals surface area contributed by atoms with E-state index >= 15 is 0 Å². The molecule has 0 saturated heterocycles. The van der Waals surface area contributed by atoms with Gasteiger partial charge in [0, 0.05) is 20.2 Å². The first-order chi connectivity index (χ1) is 12.9. The number of hydrogen-bond donors (Lipinski definition) is 1. The Bertz CT molecular complexity index is 1090. The number of benzene rings is 2. The van der Waals surface area contributed by atoms with Crippen LogP contribution < -0.4 is 14.2 Å². The zero-order valence-corrected chi connectivity index (χ0v) is 18.2. The summed E-state index contributed by atoms with van der Waals surface area (Å²) < 4.78 is 64.5. The molecule has 10 heteroatoms. The number of anilines is 1. The zero-order valence-electron chi connectivity index (χ0n) is 16.6. The number of sulfonamides is 2. The van der Waals surface area contributed by atoms with Gasteiger partial charge in [-0.05, 0) is 49.2 Å². The SMILES string of the molecule is COc1ccc(S(=O)(=O)Nc2cc(S(=O)(=O)N(C)C)cc(C)c2C)cc1OC. The largest absolute Gasteiger partial charge is 0.493 e. The maximum atomic E-state index is 12.9. The van der Waals surface area contributed by atoms with E-state index in [1.165, 1.54) is 58.6 Å². The maximum Gasteiger partial charge on any atom is 0.262 e. The normalized spacial score (nSPS) is 12.1. The van der Waals surface area contributed by atoms with Crippen LogP contribution in [0.1, 0.15) is 11.1 Å². The zero-order chi connectivity index (χ0) is 21.3. The van der Waals surface area contributed by atoms with Crippen LogP contribution in [0.3, 0.4) is 0 Å². The second-order valence-corrected chi connectivity index (χ2v) is 10.2. The highest BCUT2D eigenvalue weighted by atomic mass is 32.2. The predicted octanol–water partition coefficient (Wildman–Crippen LogP) is 2.37. The van der Waals surface area contributed by atoms with Crippen molar-refractivity contribution in [3.8, 4) is 11.5 Å². The lowest BCUT2D eigenvalue weighted by molar-refractivity contribution is 0.354. The van der Waals surface area contributed by atoms with Gasteiger partial charge in [0.15, 0.2) is 11.5 Å². The first kappa shape index (κ1) is 22.0. The Morgan fingerprint density at radius 2 is 1.46 bits per heavy atom. The van der Waals surface area contributed by atoms with Crippen LogP contribution in [0.5, 0.6) is 11.5 Å². The molecule has 28 heavy (non-hydrogen) atoms. The summed E-state index contributed by atoms with van der Waals surface area (Å²) in [7, 11) is -2.01. The molecular weight excluding hydrogens is 404 g/mol. The molecule has 0 aliphatic rings. The van der Waals surface area contributed by atoms with E-state index in [9.17, 15) is 16.8 Å². The van der Waals surface area contributed by atoms with Gasteiger partial charge in [0.2, 0.25) is 10.0 Å². The molecular formula is C18H24N2O6S2. The molecule has 154 valence electrons. The summed E-state index contributed by atoms with van der Waals surface area (Å²) in [5.41, 5.74) is 1.46. The number of ether oxygens (including phenoxy) is 2. The average Bonchev–Trinajstić information content (AvgIpc) is 2.64. The fraction of sp³-hybridized carbons (Fsp3) is 0.333. The van der Waals surface area contributed by atoms with Crippen molar-refractivity contribution in [2.45, 2.75) is 23.6 Å². The molecule has 0 saturated carbocycles. The minimum absolute atomic E-state index is 0.00520. The predicted molar refractivity (Wildman–Crippen MR) is 107 cm³/mol. The summed E-state index contributed by atoms with van der Waals surface area (Å²) in [4.78, 5) is -0.0336. The fourth-order valence-corrected chi connectivity index (χ4v) is 4.62. The standard InChI is InChI=1S/C18H24N2O6S2/c1-12-9-15(28(23,24)20(3)4)10-16(13(12)2)19-27(21,22)14-7-8-17(25-5)18(11-14)26-6/h7-11,19H,1-6H3. The number of rotatable bonds is 7. The van der Waals surface area contributed by atoms with Crippen LogP contribution in [0.4, 0.5) is 5.69 Å². The van der Waals surface area contributed by atoms with E-state index in [2.05, 4.69) is 4.72 Å². The molecule has 0 bridgehead atoms. The van der Waals surface area contributed by atoms with E-state index in [0.717, 1.165) is 4.31 Å². The lowest BCUT2D eigenvalue weighted by Gasteiger charge is -2.17. The van der Waals surface area contributed by atoms with Crippen molar-refractivity contribution in [1.29, 1.82) is 0 Å². The Hall–Kier alpha value is -2.30. The molecule has 0 aromatic heterocycles. The molecule has 0 amide bonds. The summed E-state index contributed by atoms with van der Waals surface area (Å²) >= 11 is 0. The quantitative estimate of drug-likeness (QED) is 0.726. The summed E-state index contributed by atoms with van der Waals surface area (Å²) in [6.07, 6.45) is 0. The molecule has 0 aliphatic carbocycles. The summed E-state index contributed by atoms with van der Waals surface area (Å²) in [6.45, 7) is 3.44. The highest BCUT2D eigenvalue weighted by molar-refractivity contribution is 7.92. The van der Waals surface area contributed by atoms with Gasteiger partial charge < -0.3 is 9.47 Å². The molecule has 0 spiro atoms. The van der Waals surface area contributed by atoms with Gasteiger partial charge in [-0.15, -0.1) is 0 Å². The van der Waals surface area contributed by atoms with E-state index in [1.54, 1.807) is 13.8 Å². The smallest absolute Gasteiger partial charge is 0.262 e. The van der Waals surface area contributed by atoms with Gasteiger partial charge in [-0.1, -0.05) is 0 Å². The second kappa shape index (κ2) is 7.98. The third-order valence-electron chi connectivity index (χ3n) is 4.33. The van der Waals surface area contributed by atoms with Crippen molar-refractivity contribution in [2.24, 2.45) is 0 Å². The van der Waals surface area contributed by atoms with Gasteiger partial charge in [-0.25, -0.2) is 21.1 Å². The van der Waals surface area contributed by atoms with Crippen LogP contribution in [0.15, 0.2) is 40.1 Å². The fourth-order valence-electron chi connectivity index (χ4n) is 2.48. The lowest BCUT2D eigenvalue weighted by atomic mass is 10.1. The molecule has 1 N–H and O–H groups in total. The van der Waals surface area contributed by atoms with Gasteiger partial charge in [0.1, 0.15) is 0 Å². The Kier molecular flexibility index (Phi) is 6.27. The van der Waals surface area contributed by atoms with Gasteiger partial charge >= 0.3 is 0 Å². The lowest BCUT2D eigenvalue weighted by Crippen LogP contribution is -2.23. The third-order valence-corrected chi connectivity index (χ3v) is 7.49. The van der Waals surface area contributed by atoms with Crippen LogP contribution >= 0.6 is 0 Å². The number of nitrogens with one attached hydrogen (secondary N) is 1. The summed E-state index contributed by atoms with van der Waals surface area (Å²) in [5.74, 6) is 0.662. The Labute approximate surface area is 166 Å². The third kappa shape index (κ3) is 4.23. The first-order valence-corrected chi connectivity index (χ1v) is 11.1. The Morgan fingerprint density at radius 1 is 0.857 bits per heavy atom. The molecule has 2 rings (SSSR count). The van der Waals surface area contributed by atoms with Gasteiger partial charge in [0.25, 0.3) is 10.0 Å². The van der Waals surface area contributed by atoms with Gasteiger partial charge in [-0.2, -0.15) is 0 Å². The topological polar surface area (TPSA) is 102 Å². The second-order valence-electron chi connectivity index (χ2n) is 6.32. The number of methoxy groups -OCH3 is 2. The van der Waals surface area contributed by atoms with Crippen molar-refractivity contribution in [1.82, 2.24) is 4.31 Å². The molecule has 0 fully saturated rings. The molecule has 2 aromatic carbocycles. The van der Waals surface area contributed by atoms with E-state index in [1.807, 2.05) is 0 Å². The number of aryl methyl sites for hydroxylation is 1. The number of hydrogen-bond acceptors (Lipinski definition) is 6. The van der Waals surface area contributed by atoms with Crippen LogP contribution in [0.2, 0.25) is 0 Å². The van der Waals surface area contributed by atoms with Crippen LogP contribution in [-0.4, -0.2) is 49.5 Å². The molecule has 0 atom stereocenters. The van der Waals surface area contributed by atoms with Crippen LogP contribution in [0.25, 0.3) is 0 Å².